The first-order chi connectivity index (χ1) is 13.2. The fourth-order valence-electron chi connectivity index (χ4n) is 3.68. The molecule has 1 amide bonds. The van der Waals surface area contributed by atoms with E-state index in [1.807, 2.05) is 29.2 Å². The summed E-state index contributed by atoms with van der Waals surface area (Å²) in [5.41, 5.74) is 3.34. The Morgan fingerprint density at radius 1 is 1.22 bits per heavy atom. The van der Waals surface area contributed by atoms with Crippen molar-refractivity contribution >= 4 is 5.91 Å². The van der Waals surface area contributed by atoms with Gasteiger partial charge in [0.05, 0.1) is 6.04 Å². The molecule has 6 nitrogen and oxygen atoms in total. The molecule has 1 saturated heterocycles. The fraction of sp³-hybridized carbons (Fsp3) is 0.333. The highest BCUT2D eigenvalue weighted by atomic mass is 16.5. The van der Waals surface area contributed by atoms with Crippen molar-refractivity contribution < 1.29 is 9.32 Å². The van der Waals surface area contributed by atoms with E-state index in [1.165, 1.54) is 11.1 Å². The molecule has 3 aromatic rings. The number of carbonyl (C=O) groups is 1. The maximum Gasteiger partial charge on any atom is 0.227 e. The van der Waals surface area contributed by atoms with Gasteiger partial charge in [0, 0.05) is 37.3 Å². The molecule has 6 heteroatoms. The average Bonchev–Trinajstić information content (AvgIpc) is 3.37. The minimum atomic E-state index is 0.143. The smallest absolute Gasteiger partial charge is 0.227 e. The van der Waals surface area contributed by atoms with Crippen LogP contribution in [0.2, 0.25) is 0 Å². The monoisotopic (exact) mass is 362 g/mol. The van der Waals surface area contributed by atoms with Crippen molar-refractivity contribution in [2.75, 3.05) is 6.54 Å². The third kappa shape index (κ3) is 3.74. The molecular formula is C21H22N4O2. The molecule has 0 aliphatic carbocycles. The second-order valence-corrected chi connectivity index (χ2v) is 6.85. The van der Waals surface area contributed by atoms with E-state index in [2.05, 4.69) is 34.2 Å². The Bertz CT molecular complexity index is 923. The lowest BCUT2D eigenvalue weighted by Crippen LogP contribution is -2.31. The van der Waals surface area contributed by atoms with E-state index in [1.54, 1.807) is 12.4 Å². The molecule has 4 rings (SSSR count). The number of hydrogen-bond acceptors (Lipinski definition) is 5. The zero-order valence-electron chi connectivity index (χ0n) is 15.3. The van der Waals surface area contributed by atoms with E-state index in [-0.39, 0.29) is 11.9 Å². The molecule has 1 aromatic carbocycles. The Morgan fingerprint density at radius 2 is 2.04 bits per heavy atom. The number of hydrogen-bond donors (Lipinski definition) is 0. The highest BCUT2D eigenvalue weighted by molar-refractivity contribution is 5.77. The second-order valence-electron chi connectivity index (χ2n) is 6.85. The summed E-state index contributed by atoms with van der Waals surface area (Å²) in [5.74, 6) is 1.16. The van der Waals surface area contributed by atoms with Gasteiger partial charge < -0.3 is 9.42 Å². The van der Waals surface area contributed by atoms with Gasteiger partial charge in [-0.05, 0) is 43.0 Å². The van der Waals surface area contributed by atoms with E-state index in [0.29, 0.717) is 24.6 Å². The predicted octanol–water partition coefficient (Wildman–Crippen LogP) is 3.74. The lowest BCUT2D eigenvalue weighted by Gasteiger charge is -2.26. The molecule has 1 aliphatic rings. The summed E-state index contributed by atoms with van der Waals surface area (Å²) < 4.78 is 5.31. The first-order valence-corrected chi connectivity index (χ1v) is 9.30. The number of rotatable bonds is 5. The Labute approximate surface area is 158 Å². The third-order valence-corrected chi connectivity index (χ3v) is 5.08. The Hall–Kier alpha value is -3.02. The number of aryl methyl sites for hydroxylation is 2. The molecule has 0 radical (unpaired) electrons. The van der Waals surface area contributed by atoms with E-state index in [4.69, 9.17) is 4.52 Å². The van der Waals surface area contributed by atoms with Crippen LogP contribution >= 0.6 is 0 Å². The van der Waals surface area contributed by atoms with Crippen molar-refractivity contribution in [3.05, 3.63) is 65.8 Å². The zero-order valence-corrected chi connectivity index (χ0v) is 15.3. The molecule has 2 aromatic heterocycles. The SMILES string of the molecule is Cc1ccccc1C1CCCN1C(=O)CCc1nc(-c2ccncc2)no1. The second kappa shape index (κ2) is 7.70. The van der Waals surface area contributed by atoms with Crippen LogP contribution in [-0.2, 0) is 11.2 Å². The normalized spacial score (nSPS) is 16.6. The van der Waals surface area contributed by atoms with Crippen LogP contribution in [0.4, 0.5) is 0 Å². The van der Waals surface area contributed by atoms with E-state index in [9.17, 15) is 4.79 Å². The summed E-state index contributed by atoms with van der Waals surface area (Å²) in [7, 11) is 0. The van der Waals surface area contributed by atoms with Gasteiger partial charge in [0.2, 0.25) is 17.6 Å². The highest BCUT2D eigenvalue weighted by Crippen LogP contribution is 2.34. The summed E-state index contributed by atoms with van der Waals surface area (Å²) in [6.07, 6.45) is 6.26. The fourth-order valence-corrected chi connectivity index (χ4v) is 3.68. The maximum atomic E-state index is 12.8. The quantitative estimate of drug-likeness (QED) is 0.691. The molecule has 0 spiro atoms. The topological polar surface area (TPSA) is 72.1 Å². The van der Waals surface area contributed by atoms with Gasteiger partial charge in [-0.15, -0.1) is 0 Å². The van der Waals surface area contributed by atoms with Crippen LogP contribution in [0.25, 0.3) is 11.4 Å². The van der Waals surface area contributed by atoms with Gasteiger partial charge >= 0.3 is 0 Å². The van der Waals surface area contributed by atoms with Crippen LogP contribution in [0, 0.1) is 6.92 Å². The van der Waals surface area contributed by atoms with Crippen molar-refractivity contribution in [1.82, 2.24) is 20.0 Å². The summed E-state index contributed by atoms with van der Waals surface area (Å²) in [6.45, 7) is 2.92. The molecule has 27 heavy (non-hydrogen) atoms. The molecular weight excluding hydrogens is 340 g/mol. The molecule has 1 atom stereocenters. The first kappa shape index (κ1) is 17.4. The van der Waals surface area contributed by atoms with Crippen LogP contribution in [-0.4, -0.2) is 32.5 Å². The number of benzene rings is 1. The summed E-state index contributed by atoms with van der Waals surface area (Å²) >= 11 is 0. The molecule has 1 unspecified atom stereocenters. The van der Waals surface area contributed by atoms with Gasteiger partial charge in [-0.2, -0.15) is 4.98 Å². The maximum absolute atomic E-state index is 12.8. The number of carbonyl (C=O) groups excluding carboxylic acids is 1. The van der Waals surface area contributed by atoms with Crippen LogP contribution in [0.3, 0.4) is 0 Å². The van der Waals surface area contributed by atoms with Gasteiger partial charge in [0.1, 0.15) is 0 Å². The van der Waals surface area contributed by atoms with Crippen molar-refractivity contribution in [1.29, 1.82) is 0 Å². The minimum absolute atomic E-state index is 0.143. The van der Waals surface area contributed by atoms with Crippen molar-refractivity contribution in [3.8, 4) is 11.4 Å². The molecule has 0 saturated carbocycles. The predicted molar refractivity (Wildman–Crippen MR) is 101 cm³/mol. The Morgan fingerprint density at radius 3 is 2.85 bits per heavy atom. The standard InChI is InChI=1S/C21H22N4O2/c1-15-5-2-3-6-17(15)18-7-4-14-25(18)20(26)9-8-19-23-21(24-27-19)16-10-12-22-13-11-16/h2-3,5-6,10-13,18H,4,7-9,14H2,1H3. The molecule has 1 fully saturated rings. The van der Waals surface area contributed by atoms with Gasteiger partial charge in [-0.1, -0.05) is 29.4 Å². The summed E-state index contributed by atoms with van der Waals surface area (Å²) in [4.78, 5) is 23.2. The lowest BCUT2D eigenvalue weighted by molar-refractivity contribution is -0.132. The van der Waals surface area contributed by atoms with Crippen LogP contribution in [0.5, 0.6) is 0 Å². The third-order valence-electron chi connectivity index (χ3n) is 5.08. The average molecular weight is 362 g/mol. The molecule has 0 bridgehead atoms. The van der Waals surface area contributed by atoms with E-state index < -0.39 is 0 Å². The molecule has 0 N–H and O–H groups in total. The minimum Gasteiger partial charge on any atom is -0.339 e. The number of amides is 1. The molecule has 3 heterocycles. The van der Waals surface area contributed by atoms with Crippen molar-refractivity contribution in [2.24, 2.45) is 0 Å². The van der Waals surface area contributed by atoms with Gasteiger partial charge in [0.15, 0.2) is 0 Å². The lowest BCUT2D eigenvalue weighted by atomic mass is 9.99. The van der Waals surface area contributed by atoms with Gasteiger partial charge in [-0.3, -0.25) is 9.78 Å². The number of aromatic nitrogens is 3. The largest absolute Gasteiger partial charge is 0.339 e. The van der Waals surface area contributed by atoms with Crippen LogP contribution < -0.4 is 0 Å². The zero-order chi connectivity index (χ0) is 18.6. The highest BCUT2D eigenvalue weighted by Gasteiger charge is 2.30. The number of pyridine rings is 1. The molecule has 1 aliphatic heterocycles. The number of nitrogens with zero attached hydrogens (tertiary/aromatic N) is 4. The Balaban J connectivity index is 1.41. The number of likely N-dealkylation sites (tertiary alicyclic amines) is 1. The van der Waals surface area contributed by atoms with Crippen LogP contribution in [0.1, 0.15) is 42.3 Å². The van der Waals surface area contributed by atoms with E-state index >= 15 is 0 Å². The van der Waals surface area contributed by atoms with Gasteiger partial charge in [-0.25, -0.2) is 0 Å². The summed E-state index contributed by atoms with van der Waals surface area (Å²) in [5, 5.41) is 4.00. The first-order valence-electron chi connectivity index (χ1n) is 9.30. The van der Waals surface area contributed by atoms with Crippen LogP contribution in [0.15, 0.2) is 53.3 Å². The van der Waals surface area contributed by atoms with Gasteiger partial charge in [0.25, 0.3) is 0 Å². The van der Waals surface area contributed by atoms with E-state index in [0.717, 1.165) is 24.9 Å². The summed E-state index contributed by atoms with van der Waals surface area (Å²) in [6, 6.07) is 12.2. The van der Waals surface area contributed by atoms with Crippen molar-refractivity contribution in [2.45, 2.75) is 38.6 Å². The Kier molecular flexibility index (Phi) is 4.96. The molecule has 138 valence electrons. The van der Waals surface area contributed by atoms with Crippen molar-refractivity contribution in [3.63, 3.8) is 0 Å².